The third-order valence-electron chi connectivity index (χ3n) is 2.92. The minimum absolute atomic E-state index is 0.0826. The van der Waals surface area contributed by atoms with Crippen LogP contribution in [0.25, 0.3) is 0 Å². The Morgan fingerprint density at radius 2 is 2.16 bits per heavy atom. The largest absolute Gasteiger partial charge is 0.395 e. The molecule has 0 aliphatic heterocycles. The monoisotopic (exact) mass is 267 g/mol. The van der Waals surface area contributed by atoms with Crippen LogP contribution in [0.5, 0.6) is 0 Å². The van der Waals surface area contributed by atoms with Crippen LogP contribution >= 0.6 is 0 Å². The summed E-state index contributed by atoms with van der Waals surface area (Å²) in [4.78, 5) is 12.5. The SMILES string of the molecule is CCNc1ccc([N+](=O)[O-])cc1CN(CC)CCO. The van der Waals surface area contributed by atoms with Crippen LogP contribution in [-0.2, 0) is 6.54 Å². The van der Waals surface area contributed by atoms with Crippen molar-refractivity contribution in [1.82, 2.24) is 4.90 Å². The zero-order valence-electron chi connectivity index (χ0n) is 11.4. The van der Waals surface area contributed by atoms with Gasteiger partial charge in [0.15, 0.2) is 0 Å². The summed E-state index contributed by atoms with van der Waals surface area (Å²) in [5.74, 6) is 0. The van der Waals surface area contributed by atoms with Crippen molar-refractivity contribution in [1.29, 1.82) is 0 Å². The standard InChI is InChI=1S/C13H21N3O3/c1-3-14-13-6-5-12(16(18)19)9-11(13)10-15(4-2)7-8-17/h5-6,9,14,17H,3-4,7-8,10H2,1-2H3. The summed E-state index contributed by atoms with van der Waals surface area (Å²) >= 11 is 0. The van der Waals surface area contributed by atoms with Crippen molar-refractivity contribution in [2.75, 3.05) is 31.6 Å². The highest BCUT2D eigenvalue weighted by atomic mass is 16.6. The zero-order chi connectivity index (χ0) is 14.3. The quantitative estimate of drug-likeness (QED) is 0.555. The lowest BCUT2D eigenvalue weighted by molar-refractivity contribution is -0.384. The van der Waals surface area contributed by atoms with Crippen molar-refractivity contribution in [3.8, 4) is 0 Å². The van der Waals surface area contributed by atoms with E-state index in [2.05, 4.69) is 5.32 Å². The fourth-order valence-electron chi connectivity index (χ4n) is 1.92. The first kappa shape index (κ1) is 15.4. The maximum Gasteiger partial charge on any atom is 0.269 e. The van der Waals surface area contributed by atoms with E-state index in [-0.39, 0.29) is 17.2 Å². The van der Waals surface area contributed by atoms with Crippen molar-refractivity contribution in [2.45, 2.75) is 20.4 Å². The predicted octanol–water partition coefficient (Wildman–Crippen LogP) is 1.84. The van der Waals surface area contributed by atoms with E-state index in [0.29, 0.717) is 13.1 Å². The van der Waals surface area contributed by atoms with Crippen molar-refractivity contribution in [2.24, 2.45) is 0 Å². The lowest BCUT2D eigenvalue weighted by atomic mass is 10.1. The maximum atomic E-state index is 10.8. The highest BCUT2D eigenvalue weighted by Gasteiger charge is 2.12. The summed E-state index contributed by atoms with van der Waals surface area (Å²) in [6.45, 7) is 6.76. The molecule has 2 N–H and O–H groups in total. The first-order valence-corrected chi connectivity index (χ1v) is 6.46. The average molecular weight is 267 g/mol. The van der Waals surface area contributed by atoms with Crippen LogP contribution in [0.2, 0.25) is 0 Å². The van der Waals surface area contributed by atoms with Gasteiger partial charge < -0.3 is 10.4 Å². The second kappa shape index (κ2) is 7.70. The molecule has 0 atom stereocenters. The Bertz CT molecular complexity index is 424. The number of rotatable bonds is 8. The third-order valence-corrected chi connectivity index (χ3v) is 2.92. The molecule has 0 bridgehead atoms. The van der Waals surface area contributed by atoms with Gasteiger partial charge >= 0.3 is 0 Å². The molecule has 1 aromatic rings. The summed E-state index contributed by atoms with van der Waals surface area (Å²) in [5, 5.41) is 23.0. The van der Waals surface area contributed by atoms with Gasteiger partial charge in [-0.05, 0) is 25.1 Å². The number of likely N-dealkylation sites (N-methyl/N-ethyl adjacent to an activating group) is 1. The zero-order valence-corrected chi connectivity index (χ0v) is 11.4. The van der Waals surface area contributed by atoms with E-state index in [1.165, 1.54) is 6.07 Å². The number of nitro groups is 1. The molecule has 0 aliphatic carbocycles. The Labute approximate surface area is 113 Å². The van der Waals surface area contributed by atoms with Crippen LogP contribution in [-0.4, -0.2) is 41.2 Å². The Morgan fingerprint density at radius 3 is 2.68 bits per heavy atom. The number of hydrogen-bond acceptors (Lipinski definition) is 5. The van der Waals surface area contributed by atoms with Gasteiger partial charge in [-0.25, -0.2) is 0 Å². The molecule has 0 aliphatic rings. The second-order valence-corrected chi connectivity index (χ2v) is 4.22. The molecular formula is C13H21N3O3. The van der Waals surface area contributed by atoms with Gasteiger partial charge in [-0.15, -0.1) is 0 Å². The van der Waals surface area contributed by atoms with Crippen molar-refractivity contribution in [3.05, 3.63) is 33.9 Å². The normalized spacial score (nSPS) is 10.7. The maximum absolute atomic E-state index is 10.8. The molecule has 6 heteroatoms. The van der Waals surface area contributed by atoms with Crippen molar-refractivity contribution >= 4 is 11.4 Å². The Balaban J connectivity index is 2.98. The number of benzene rings is 1. The van der Waals surface area contributed by atoms with E-state index < -0.39 is 0 Å². The summed E-state index contributed by atoms with van der Waals surface area (Å²) < 4.78 is 0. The van der Waals surface area contributed by atoms with Gasteiger partial charge in [0, 0.05) is 37.5 Å². The molecular weight excluding hydrogens is 246 g/mol. The van der Waals surface area contributed by atoms with Crippen LogP contribution in [0.3, 0.4) is 0 Å². The number of nitrogens with zero attached hydrogens (tertiary/aromatic N) is 2. The molecule has 0 aromatic heterocycles. The minimum Gasteiger partial charge on any atom is -0.395 e. The van der Waals surface area contributed by atoms with Gasteiger partial charge in [0.25, 0.3) is 5.69 Å². The minimum atomic E-state index is -0.387. The average Bonchev–Trinajstić information content (AvgIpc) is 2.40. The van der Waals surface area contributed by atoms with E-state index in [4.69, 9.17) is 5.11 Å². The van der Waals surface area contributed by atoms with Gasteiger partial charge in [0.1, 0.15) is 0 Å². The van der Waals surface area contributed by atoms with Gasteiger partial charge in [-0.2, -0.15) is 0 Å². The number of aliphatic hydroxyl groups excluding tert-OH is 1. The molecule has 0 heterocycles. The number of hydrogen-bond donors (Lipinski definition) is 2. The number of non-ortho nitro benzene ring substituents is 1. The molecule has 106 valence electrons. The van der Waals surface area contributed by atoms with Crippen molar-refractivity contribution < 1.29 is 10.0 Å². The number of nitrogens with one attached hydrogen (secondary N) is 1. The molecule has 0 fully saturated rings. The van der Waals surface area contributed by atoms with E-state index >= 15 is 0 Å². The van der Waals surface area contributed by atoms with Gasteiger partial charge in [-0.1, -0.05) is 6.92 Å². The lowest BCUT2D eigenvalue weighted by Crippen LogP contribution is -2.26. The van der Waals surface area contributed by atoms with E-state index in [1.807, 2.05) is 18.7 Å². The molecule has 0 radical (unpaired) electrons. The Morgan fingerprint density at radius 1 is 1.42 bits per heavy atom. The summed E-state index contributed by atoms with van der Waals surface area (Å²) in [5.41, 5.74) is 1.88. The topological polar surface area (TPSA) is 78.6 Å². The molecule has 0 saturated heterocycles. The van der Waals surface area contributed by atoms with E-state index in [1.54, 1.807) is 12.1 Å². The van der Waals surface area contributed by atoms with Gasteiger partial charge in [0.05, 0.1) is 11.5 Å². The summed E-state index contributed by atoms with van der Waals surface area (Å²) in [6.07, 6.45) is 0. The molecule has 19 heavy (non-hydrogen) atoms. The van der Waals surface area contributed by atoms with Crippen LogP contribution in [0.1, 0.15) is 19.4 Å². The summed E-state index contributed by atoms with van der Waals surface area (Å²) in [7, 11) is 0. The van der Waals surface area contributed by atoms with Crippen LogP contribution in [0.15, 0.2) is 18.2 Å². The Kier molecular flexibility index (Phi) is 6.24. The molecule has 0 unspecified atom stereocenters. The van der Waals surface area contributed by atoms with Gasteiger partial charge in [0.2, 0.25) is 0 Å². The smallest absolute Gasteiger partial charge is 0.269 e. The van der Waals surface area contributed by atoms with Crippen LogP contribution in [0, 0.1) is 10.1 Å². The predicted molar refractivity (Wildman–Crippen MR) is 75.3 cm³/mol. The van der Waals surface area contributed by atoms with Crippen LogP contribution < -0.4 is 5.32 Å². The highest BCUT2D eigenvalue weighted by Crippen LogP contribution is 2.23. The lowest BCUT2D eigenvalue weighted by Gasteiger charge is -2.21. The molecule has 1 rings (SSSR count). The Hall–Kier alpha value is -1.66. The molecule has 0 spiro atoms. The molecule has 1 aromatic carbocycles. The first-order valence-electron chi connectivity index (χ1n) is 6.46. The molecule has 6 nitrogen and oxygen atoms in total. The fourth-order valence-corrected chi connectivity index (χ4v) is 1.92. The van der Waals surface area contributed by atoms with Crippen LogP contribution in [0.4, 0.5) is 11.4 Å². The third kappa shape index (κ3) is 4.50. The number of anilines is 1. The summed E-state index contributed by atoms with van der Waals surface area (Å²) in [6, 6.07) is 4.84. The number of nitro benzene ring substituents is 1. The molecule has 0 amide bonds. The van der Waals surface area contributed by atoms with Crippen molar-refractivity contribution in [3.63, 3.8) is 0 Å². The fraction of sp³-hybridized carbons (Fsp3) is 0.538. The number of aliphatic hydroxyl groups is 1. The first-order chi connectivity index (χ1) is 9.12. The molecule has 0 saturated carbocycles. The highest BCUT2D eigenvalue weighted by molar-refractivity contribution is 5.56. The van der Waals surface area contributed by atoms with Gasteiger partial charge in [-0.3, -0.25) is 15.0 Å². The second-order valence-electron chi connectivity index (χ2n) is 4.22. The van der Waals surface area contributed by atoms with E-state index in [9.17, 15) is 10.1 Å². The van der Waals surface area contributed by atoms with E-state index in [0.717, 1.165) is 24.3 Å².